The normalized spacial score (nSPS) is 13.3. The summed E-state index contributed by atoms with van der Waals surface area (Å²) in [5, 5.41) is 31.6. The fraction of sp³-hybridized carbons (Fsp3) is 0.586. The van der Waals surface area contributed by atoms with E-state index >= 15 is 0 Å². The Morgan fingerprint density at radius 2 is 1.55 bits per heavy atom. The minimum Gasteiger partial charge on any atom is -0.494 e. The van der Waals surface area contributed by atoms with E-state index in [4.69, 9.17) is 14.6 Å². The maximum absolute atomic E-state index is 13.0. The van der Waals surface area contributed by atoms with E-state index in [-0.39, 0.29) is 44.4 Å². The number of carbonyl (C=O) groups is 2. The van der Waals surface area contributed by atoms with Crippen molar-refractivity contribution in [2.24, 2.45) is 11.8 Å². The van der Waals surface area contributed by atoms with Gasteiger partial charge in [-0.3, -0.25) is 14.2 Å². The van der Waals surface area contributed by atoms with Gasteiger partial charge in [0.05, 0.1) is 45.3 Å². The molecular weight excluding hydrogens is 488 g/mol. The predicted molar refractivity (Wildman–Crippen MR) is 145 cm³/mol. The van der Waals surface area contributed by atoms with Crippen molar-refractivity contribution >= 4 is 11.9 Å². The summed E-state index contributed by atoms with van der Waals surface area (Å²) in [5.41, 5.74) is 3.54. The maximum Gasteiger partial charge on any atom is 0.309 e. The number of benzene rings is 1. The van der Waals surface area contributed by atoms with E-state index in [2.05, 4.69) is 0 Å². The van der Waals surface area contributed by atoms with E-state index in [9.17, 15) is 19.8 Å². The number of quaternary nitrogens is 1. The van der Waals surface area contributed by atoms with Gasteiger partial charge in [0, 0.05) is 11.1 Å². The standard InChI is InChI=1S/C29H44N2O7/c1-8-21-11-10-12-22(9-2)25(21)30-26(33)20(4)24(27(30)34)18-23(29(36)38-16-14-32)17-19(3)28(35)37-15-13-31(5,6)7/h10-12,19,23,32H,8-9,13-18H2,1-7H3,(H-,33,34)/p+1. The molecule has 0 saturated carbocycles. The monoisotopic (exact) mass is 533 g/mol. The van der Waals surface area contributed by atoms with Crippen molar-refractivity contribution in [1.82, 2.24) is 4.57 Å². The number of aromatic nitrogens is 1. The highest BCUT2D eigenvalue weighted by Crippen LogP contribution is 2.40. The van der Waals surface area contributed by atoms with Crippen LogP contribution in [0.1, 0.15) is 49.4 Å². The fourth-order valence-electron chi connectivity index (χ4n) is 4.52. The number of hydrogen-bond donors (Lipinski definition) is 3. The lowest BCUT2D eigenvalue weighted by Crippen LogP contribution is -2.38. The summed E-state index contributed by atoms with van der Waals surface area (Å²) in [4.78, 5) is 25.6. The third-order valence-corrected chi connectivity index (χ3v) is 6.84. The molecule has 0 spiro atoms. The molecular formula is C29H45N2O7+. The van der Waals surface area contributed by atoms with Crippen LogP contribution in [0.4, 0.5) is 0 Å². The first-order valence-electron chi connectivity index (χ1n) is 13.3. The number of nitrogens with zero attached hydrogens (tertiary/aromatic N) is 2. The second kappa shape index (κ2) is 13.7. The van der Waals surface area contributed by atoms with E-state index in [1.165, 1.54) is 4.57 Å². The van der Waals surface area contributed by atoms with Gasteiger partial charge < -0.3 is 29.3 Å². The van der Waals surface area contributed by atoms with E-state index in [1.807, 2.05) is 53.2 Å². The van der Waals surface area contributed by atoms with Crippen molar-refractivity contribution in [2.75, 3.05) is 47.5 Å². The van der Waals surface area contributed by atoms with Crippen LogP contribution in [0, 0.1) is 18.8 Å². The Labute approximate surface area is 226 Å². The van der Waals surface area contributed by atoms with Crippen molar-refractivity contribution in [1.29, 1.82) is 0 Å². The summed E-state index contributed by atoms with van der Waals surface area (Å²) in [6.07, 6.45) is 1.59. The zero-order valence-electron chi connectivity index (χ0n) is 23.9. The van der Waals surface area contributed by atoms with Crippen LogP contribution >= 0.6 is 0 Å². The quantitative estimate of drug-likeness (QED) is 0.252. The molecule has 1 aromatic carbocycles. The van der Waals surface area contributed by atoms with Crippen molar-refractivity contribution < 1.29 is 38.9 Å². The number of para-hydroxylation sites is 1. The van der Waals surface area contributed by atoms with Crippen LogP contribution in [0.2, 0.25) is 0 Å². The first-order valence-corrected chi connectivity index (χ1v) is 13.3. The van der Waals surface area contributed by atoms with Gasteiger partial charge in [-0.2, -0.15) is 0 Å². The Hall–Kier alpha value is -3.04. The van der Waals surface area contributed by atoms with Crippen LogP contribution in [-0.2, 0) is 38.3 Å². The summed E-state index contributed by atoms with van der Waals surface area (Å²) in [6.45, 7) is 7.84. The fourth-order valence-corrected chi connectivity index (χ4v) is 4.52. The highest BCUT2D eigenvalue weighted by atomic mass is 16.5. The molecule has 0 saturated heterocycles. The number of aryl methyl sites for hydroxylation is 2. The van der Waals surface area contributed by atoms with Crippen LogP contribution < -0.4 is 0 Å². The Bertz CT molecular complexity index is 1080. The molecule has 3 N–H and O–H groups in total. The Balaban J connectivity index is 2.39. The van der Waals surface area contributed by atoms with E-state index in [1.54, 1.807) is 13.8 Å². The van der Waals surface area contributed by atoms with Gasteiger partial charge in [0.15, 0.2) is 0 Å². The third-order valence-electron chi connectivity index (χ3n) is 6.84. The van der Waals surface area contributed by atoms with Crippen molar-refractivity contribution in [3.05, 3.63) is 40.5 Å². The maximum atomic E-state index is 13.0. The van der Waals surface area contributed by atoms with E-state index < -0.39 is 23.8 Å². The lowest BCUT2D eigenvalue weighted by Gasteiger charge is -2.24. The molecule has 9 nitrogen and oxygen atoms in total. The number of aliphatic hydroxyl groups excluding tert-OH is 1. The second-order valence-electron chi connectivity index (χ2n) is 10.8. The largest absolute Gasteiger partial charge is 0.494 e. The van der Waals surface area contributed by atoms with E-state index in [0.717, 1.165) is 16.8 Å². The minimum absolute atomic E-state index is 0.0503. The van der Waals surface area contributed by atoms with Gasteiger partial charge in [-0.1, -0.05) is 39.0 Å². The first-order chi connectivity index (χ1) is 17.9. The van der Waals surface area contributed by atoms with Crippen molar-refractivity contribution in [2.45, 2.75) is 53.4 Å². The minimum atomic E-state index is -0.797. The number of aromatic hydroxyl groups is 2. The summed E-state index contributed by atoms with van der Waals surface area (Å²) < 4.78 is 12.7. The van der Waals surface area contributed by atoms with E-state index in [0.29, 0.717) is 35.0 Å². The van der Waals surface area contributed by atoms with Crippen molar-refractivity contribution in [3.8, 4) is 17.4 Å². The lowest BCUT2D eigenvalue weighted by molar-refractivity contribution is -0.870. The van der Waals surface area contributed by atoms with Crippen LogP contribution in [0.15, 0.2) is 18.2 Å². The number of hydrogen-bond acceptors (Lipinski definition) is 7. The predicted octanol–water partition coefficient (Wildman–Crippen LogP) is 3.29. The van der Waals surface area contributed by atoms with Gasteiger partial charge in [-0.15, -0.1) is 0 Å². The molecule has 2 unspecified atom stereocenters. The molecule has 0 aliphatic heterocycles. The molecule has 1 aromatic heterocycles. The number of ether oxygens (including phenoxy) is 2. The number of aliphatic hydroxyl groups is 1. The third kappa shape index (κ3) is 7.74. The van der Waals surface area contributed by atoms with Crippen molar-refractivity contribution in [3.63, 3.8) is 0 Å². The first kappa shape index (κ1) is 31.2. The number of rotatable bonds is 14. The molecule has 212 valence electrons. The summed E-state index contributed by atoms with van der Waals surface area (Å²) >= 11 is 0. The molecule has 38 heavy (non-hydrogen) atoms. The summed E-state index contributed by atoms with van der Waals surface area (Å²) in [5.74, 6) is -2.63. The number of esters is 2. The zero-order chi connectivity index (χ0) is 28.6. The molecule has 0 aliphatic carbocycles. The Kier molecular flexibility index (Phi) is 11.2. The Morgan fingerprint density at radius 3 is 2.08 bits per heavy atom. The SMILES string of the molecule is CCc1cccc(CC)c1-n1c(O)c(C)c(CC(CC(C)C(=O)OCC[N+](C)(C)C)C(=O)OCCO)c1O. The van der Waals surface area contributed by atoms with Gasteiger partial charge in [0.25, 0.3) is 0 Å². The molecule has 2 rings (SSSR count). The highest BCUT2D eigenvalue weighted by molar-refractivity contribution is 5.76. The number of likely N-dealkylation sites (N-methyl/N-ethyl adjacent to an activating group) is 1. The molecule has 1 heterocycles. The average molecular weight is 534 g/mol. The lowest BCUT2D eigenvalue weighted by atomic mass is 9.89. The van der Waals surface area contributed by atoms with Gasteiger partial charge >= 0.3 is 11.9 Å². The smallest absolute Gasteiger partial charge is 0.309 e. The van der Waals surface area contributed by atoms with Crippen LogP contribution in [-0.4, -0.2) is 83.8 Å². The van der Waals surface area contributed by atoms with Crippen LogP contribution in [0.3, 0.4) is 0 Å². The molecule has 2 atom stereocenters. The molecule has 0 bridgehead atoms. The van der Waals surface area contributed by atoms with Gasteiger partial charge in [0.2, 0.25) is 11.8 Å². The van der Waals surface area contributed by atoms with Gasteiger partial charge in [-0.05, 0) is 43.7 Å². The molecule has 0 fully saturated rings. The van der Waals surface area contributed by atoms with Gasteiger partial charge in [-0.25, -0.2) is 0 Å². The summed E-state index contributed by atoms with van der Waals surface area (Å²) in [6, 6.07) is 5.88. The summed E-state index contributed by atoms with van der Waals surface area (Å²) in [7, 11) is 6.01. The zero-order valence-corrected chi connectivity index (χ0v) is 23.9. The highest BCUT2D eigenvalue weighted by Gasteiger charge is 2.31. The molecule has 0 amide bonds. The molecule has 0 radical (unpaired) electrons. The Morgan fingerprint density at radius 1 is 0.974 bits per heavy atom. The van der Waals surface area contributed by atoms with Gasteiger partial charge in [0.1, 0.15) is 19.8 Å². The molecule has 2 aromatic rings. The number of carbonyl (C=O) groups excluding carboxylic acids is 2. The average Bonchev–Trinajstić information content (AvgIpc) is 3.07. The molecule has 9 heteroatoms. The topological polar surface area (TPSA) is 118 Å². The molecule has 0 aliphatic rings. The van der Waals surface area contributed by atoms with Crippen LogP contribution in [0.25, 0.3) is 5.69 Å². The second-order valence-corrected chi connectivity index (χ2v) is 10.8. The van der Waals surface area contributed by atoms with Crippen LogP contribution in [0.5, 0.6) is 11.8 Å².